The maximum absolute atomic E-state index is 12.1. The van der Waals surface area contributed by atoms with E-state index in [1.165, 1.54) is 13.2 Å². The van der Waals surface area contributed by atoms with Crippen molar-refractivity contribution in [2.45, 2.75) is 19.4 Å². The number of carbonyl (C=O) groups excluding carboxylic acids is 1. The second kappa shape index (κ2) is 10.2. The Balaban J connectivity index is 0.00000312. The number of carbonyl (C=O) groups is 1. The van der Waals surface area contributed by atoms with Gasteiger partial charge in [0, 0.05) is 32.2 Å². The Labute approximate surface area is 153 Å². The molecule has 1 aliphatic heterocycles. The first-order valence-electron chi connectivity index (χ1n) is 8.06. The minimum Gasteiger partial charge on any atom is -0.490 e. The molecule has 0 spiro atoms. The number of nitro groups is 1. The summed E-state index contributed by atoms with van der Waals surface area (Å²) < 4.78 is 5.02. The Morgan fingerprint density at radius 1 is 1.52 bits per heavy atom. The number of halogens is 1. The van der Waals surface area contributed by atoms with E-state index >= 15 is 0 Å². The third kappa shape index (κ3) is 5.84. The molecule has 1 aromatic carbocycles. The monoisotopic (exact) mass is 372 g/mol. The molecule has 9 heteroatoms. The van der Waals surface area contributed by atoms with Crippen LogP contribution in [0.3, 0.4) is 0 Å². The van der Waals surface area contributed by atoms with Crippen molar-refractivity contribution in [1.29, 1.82) is 0 Å². The molecule has 1 unspecified atom stereocenters. The lowest BCUT2D eigenvalue weighted by Gasteiger charge is -2.32. The number of methoxy groups -OCH3 is 1. The van der Waals surface area contributed by atoms with Gasteiger partial charge in [-0.1, -0.05) is 6.07 Å². The molecule has 1 heterocycles. The van der Waals surface area contributed by atoms with Gasteiger partial charge in [0.05, 0.1) is 18.0 Å². The summed E-state index contributed by atoms with van der Waals surface area (Å²) in [5, 5.41) is 13.9. The smallest absolute Gasteiger partial charge is 0.311 e. The molecule has 1 fully saturated rings. The van der Waals surface area contributed by atoms with Gasteiger partial charge in [-0.15, -0.1) is 12.4 Å². The van der Waals surface area contributed by atoms with Crippen molar-refractivity contribution >= 4 is 24.0 Å². The first-order chi connectivity index (χ1) is 11.5. The molecule has 25 heavy (non-hydrogen) atoms. The van der Waals surface area contributed by atoms with Crippen LogP contribution in [0.25, 0.3) is 0 Å². The highest BCUT2D eigenvalue weighted by atomic mass is 35.5. The molecule has 1 amide bonds. The van der Waals surface area contributed by atoms with E-state index in [1.807, 2.05) is 6.07 Å². The molecule has 140 valence electrons. The summed E-state index contributed by atoms with van der Waals surface area (Å²) in [5.41, 5.74) is 6.21. The van der Waals surface area contributed by atoms with Gasteiger partial charge in [0.1, 0.15) is 0 Å². The fourth-order valence-corrected chi connectivity index (χ4v) is 2.99. The quantitative estimate of drug-likeness (QED) is 0.551. The maximum Gasteiger partial charge on any atom is 0.311 e. The molecular weight excluding hydrogens is 348 g/mol. The number of likely N-dealkylation sites (tertiary alicyclic amines) is 1. The van der Waals surface area contributed by atoms with E-state index < -0.39 is 4.92 Å². The average molecular weight is 373 g/mol. The summed E-state index contributed by atoms with van der Waals surface area (Å²) in [4.78, 5) is 24.9. The molecule has 1 aliphatic rings. The molecule has 0 aliphatic carbocycles. The second-order valence-electron chi connectivity index (χ2n) is 5.92. The number of amides is 1. The van der Waals surface area contributed by atoms with Crippen molar-refractivity contribution < 1.29 is 14.5 Å². The number of nitrogens with two attached hydrogens (primary N) is 1. The highest BCUT2D eigenvalue weighted by molar-refractivity contribution is 5.85. The standard InChI is InChI=1S/C16H24N4O4.ClH/c1-24-15-5-4-12(9-14(15)20(22)23)10-19-8-2-3-13(11-19)16(21)18-7-6-17;/h4-5,9,13H,2-3,6-8,10-11,17H2,1H3,(H,18,21);1H. The molecule has 8 nitrogen and oxygen atoms in total. The van der Waals surface area contributed by atoms with Crippen LogP contribution in [0.5, 0.6) is 5.75 Å². The Morgan fingerprint density at radius 3 is 2.92 bits per heavy atom. The van der Waals surface area contributed by atoms with Crippen molar-refractivity contribution in [2.24, 2.45) is 11.7 Å². The lowest BCUT2D eigenvalue weighted by molar-refractivity contribution is -0.385. The van der Waals surface area contributed by atoms with Crippen molar-refractivity contribution in [3.8, 4) is 5.75 Å². The van der Waals surface area contributed by atoms with Crippen LogP contribution in [0, 0.1) is 16.0 Å². The average Bonchev–Trinajstić information content (AvgIpc) is 2.59. The van der Waals surface area contributed by atoms with E-state index in [1.54, 1.807) is 6.07 Å². The van der Waals surface area contributed by atoms with Crippen LogP contribution in [0.15, 0.2) is 18.2 Å². The Bertz CT molecular complexity index is 599. The molecule has 1 atom stereocenters. The zero-order valence-corrected chi connectivity index (χ0v) is 15.1. The lowest BCUT2D eigenvalue weighted by atomic mass is 9.96. The van der Waals surface area contributed by atoms with Crippen LogP contribution < -0.4 is 15.8 Å². The molecule has 0 radical (unpaired) electrons. The number of nitrogens with one attached hydrogen (secondary N) is 1. The lowest BCUT2D eigenvalue weighted by Crippen LogP contribution is -2.43. The minimum atomic E-state index is -0.443. The Kier molecular flexibility index (Phi) is 8.60. The summed E-state index contributed by atoms with van der Waals surface area (Å²) in [6, 6.07) is 4.98. The van der Waals surface area contributed by atoms with Gasteiger partial charge >= 0.3 is 5.69 Å². The highest BCUT2D eigenvalue weighted by Crippen LogP contribution is 2.28. The van der Waals surface area contributed by atoms with Gasteiger partial charge in [0.2, 0.25) is 5.91 Å². The third-order valence-corrected chi connectivity index (χ3v) is 4.17. The number of hydrogen-bond acceptors (Lipinski definition) is 6. The van der Waals surface area contributed by atoms with E-state index in [0.717, 1.165) is 24.9 Å². The Morgan fingerprint density at radius 2 is 2.28 bits per heavy atom. The van der Waals surface area contributed by atoms with Gasteiger partial charge in [-0.2, -0.15) is 0 Å². The molecule has 1 saturated heterocycles. The molecule has 3 N–H and O–H groups in total. The summed E-state index contributed by atoms with van der Waals surface area (Å²) in [5.74, 6) is 0.228. The molecule has 0 saturated carbocycles. The van der Waals surface area contributed by atoms with Crippen molar-refractivity contribution in [3.05, 3.63) is 33.9 Å². The minimum absolute atomic E-state index is 0. The van der Waals surface area contributed by atoms with Gasteiger partial charge in [0.25, 0.3) is 0 Å². The van der Waals surface area contributed by atoms with E-state index in [4.69, 9.17) is 10.5 Å². The van der Waals surface area contributed by atoms with E-state index in [9.17, 15) is 14.9 Å². The highest BCUT2D eigenvalue weighted by Gasteiger charge is 2.26. The zero-order chi connectivity index (χ0) is 17.5. The van der Waals surface area contributed by atoms with Gasteiger partial charge in [-0.05, 0) is 31.0 Å². The Hall–Kier alpha value is -1.90. The number of nitrogens with zero attached hydrogens (tertiary/aromatic N) is 2. The largest absolute Gasteiger partial charge is 0.490 e. The number of rotatable bonds is 7. The number of benzene rings is 1. The predicted octanol–water partition coefficient (Wildman–Crippen LogP) is 1.31. The first kappa shape index (κ1) is 21.1. The number of piperidine rings is 1. The normalized spacial score (nSPS) is 17.4. The van der Waals surface area contributed by atoms with Crippen molar-refractivity contribution in [2.75, 3.05) is 33.3 Å². The van der Waals surface area contributed by atoms with Crippen LogP contribution in [0.2, 0.25) is 0 Å². The van der Waals surface area contributed by atoms with Crippen LogP contribution >= 0.6 is 12.4 Å². The van der Waals surface area contributed by atoms with Crippen LogP contribution in [0.1, 0.15) is 18.4 Å². The molecule has 0 aromatic heterocycles. The molecular formula is C16H25ClN4O4. The maximum atomic E-state index is 12.1. The summed E-state index contributed by atoms with van der Waals surface area (Å²) in [7, 11) is 1.41. The topological polar surface area (TPSA) is 111 Å². The fourth-order valence-electron chi connectivity index (χ4n) is 2.99. The van der Waals surface area contributed by atoms with E-state index in [2.05, 4.69) is 10.2 Å². The van der Waals surface area contributed by atoms with E-state index in [-0.39, 0.29) is 35.7 Å². The number of nitro benzene ring substituents is 1. The summed E-state index contributed by atoms with van der Waals surface area (Å²) in [6.45, 7) is 3.01. The molecule has 1 aromatic rings. The SMILES string of the molecule is COc1ccc(CN2CCCC(C(=O)NCCN)C2)cc1[N+](=O)[O-].Cl. The van der Waals surface area contributed by atoms with E-state index in [0.29, 0.717) is 26.2 Å². The van der Waals surface area contributed by atoms with Gasteiger partial charge in [0.15, 0.2) is 5.75 Å². The first-order valence-corrected chi connectivity index (χ1v) is 8.06. The van der Waals surface area contributed by atoms with Crippen LogP contribution in [-0.4, -0.2) is 49.0 Å². The fraction of sp³-hybridized carbons (Fsp3) is 0.562. The molecule has 2 rings (SSSR count). The summed E-state index contributed by atoms with van der Waals surface area (Å²) in [6.07, 6.45) is 1.79. The van der Waals surface area contributed by atoms with Crippen molar-refractivity contribution in [3.63, 3.8) is 0 Å². The van der Waals surface area contributed by atoms with Crippen LogP contribution in [-0.2, 0) is 11.3 Å². The molecule has 0 bridgehead atoms. The third-order valence-electron chi connectivity index (χ3n) is 4.17. The van der Waals surface area contributed by atoms with Gasteiger partial charge < -0.3 is 15.8 Å². The number of ether oxygens (including phenoxy) is 1. The van der Waals surface area contributed by atoms with Crippen LogP contribution in [0.4, 0.5) is 5.69 Å². The van der Waals surface area contributed by atoms with Crippen molar-refractivity contribution in [1.82, 2.24) is 10.2 Å². The van der Waals surface area contributed by atoms with Gasteiger partial charge in [-0.25, -0.2) is 0 Å². The van der Waals surface area contributed by atoms with Gasteiger partial charge in [-0.3, -0.25) is 19.8 Å². The summed E-state index contributed by atoms with van der Waals surface area (Å²) >= 11 is 0. The predicted molar refractivity (Wildman–Crippen MR) is 97.0 cm³/mol. The number of hydrogen-bond donors (Lipinski definition) is 2. The second-order valence-corrected chi connectivity index (χ2v) is 5.92. The zero-order valence-electron chi connectivity index (χ0n) is 14.3.